The van der Waals surface area contributed by atoms with Crippen LogP contribution in [0.4, 0.5) is 0 Å². The summed E-state index contributed by atoms with van der Waals surface area (Å²) >= 11 is 0. The molecule has 1 amide bonds. The Hall–Kier alpha value is -1.10. The van der Waals surface area contributed by atoms with Gasteiger partial charge in [0.05, 0.1) is 5.54 Å². The first-order valence-corrected chi connectivity index (χ1v) is 5.33. The number of unbranched alkanes of at least 4 members (excludes halogenated alkanes) is 1. The van der Waals surface area contributed by atoms with Crippen LogP contribution in [0.25, 0.3) is 0 Å². The van der Waals surface area contributed by atoms with Crippen LogP contribution in [0.5, 0.6) is 0 Å². The van der Waals surface area contributed by atoms with Crippen molar-refractivity contribution >= 4 is 11.9 Å². The molecule has 0 saturated heterocycles. The second-order valence-electron chi connectivity index (χ2n) is 4.12. The highest BCUT2D eigenvalue weighted by Gasteiger charge is 2.39. The van der Waals surface area contributed by atoms with Gasteiger partial charge in [0.1, 0.15) is 0 Å². The lowest BCUT2D eigenvalue weighted by molar-refractivity contribution is -0.137. The largest absolute Gasteiger partial charge is 0.481 e. The minimum atomic E-state index is -0.796. The van der Waals surface area contributed by atoms with Crippen molar-refractivity contribution in [3.05, 3.63) is 0 Å². The first kappa shape index (κ1) is 12.0. The van der Waals surface area contributed by atoms with Gasteiger partial charge < -0.3 is 16.2 Å². The van der Waals surface area contributed by atoms with Crippen LogP contribution in [0, 0.1) is 0 Å². The molecule has 1 aliphatic rings. The SMILES string of the molecule is NC1(C(=O)NCCCCC(=O)O)CCC1. The van der Waals surface area contributed by atoms with Crippen LogP contribution in [0.15, 0.2) is 0 Å². The molecular formula is C10H18N2O3. The number of carbonyl (C=O) groups excluding carboxylic acids is 1. The zero-order valence-electron chi connectivity index (χ0n) is 8.79. The van der Waals surface area contributed by atoms with Gasteiger partial charge >= 0.3 is 5.97 Å². The summed E-state index contributed by atoms with van der Waals surface area (Å²) in [4.78, 5) is 21.7. The molecule has 5 heteroatoms. The van der Waals surface area contributed by atoms with Crippen molar-refractivity contribution in [1.82, 2.24) is 5.32 Å². The van der Waals surface area contributed by atoms with E-state index in [-0.39, 0.29) is 12.3 Å². The van der Waals surface area contributed by atoms with Crippen LogP contribution in [-0.2, 0) is 9.59 Å². The van der Waals surface area contributed by atoms with Gasteiger partial charge in [-0.05, 0) is 32.1 Å². The van der Waals surface area contributed by atoms with Crippen LogP contribution in [0.2, 0.25) is 0 Å². The first-order valence-electron chi connectivity index (χ1n) is 5.33. The van der Waals surface area contributed by atoms with E-state index in [9.17, 15) is 9.59 Å². The maximum atomic E-state index is 11.5. The van der Waals surface area contributed by atoms with Crippen LogP contribution in [-0.4, -0.2) is 29.1 Å². The lowest BCUT2D eigenvalue weighted by atomic mass is 9.77. The number of carboxylic acids is 1. The molecule has 15 heavy (non-hydrogen) atoms. The lowest BCUT2D eigenvalue weighted by Gasteiger charge is -2.36. The highest BCUT2D eigenvalue weighted by atomic mass is 16.4. The van der Waals surface area contributed by atoms with Crippen LogP contribution in [0.1, 0.15) is 38.5 Å². The van der Waals surface area contributed by atoms with Gasteiger partial charge in [-0.1, -0.05) is 0 Å². The Balaban J connectivity index is 2.05. The second-order valence-corrected chi connectivity index (χ2v) is 4.12. The Morgan fingerprint density at radius 2 is 2.00 bits per heavy atom. The summed E-state index contributed by atoms with van der Waals surface area (Å²) in [6.07, 6.45) is 3.97. The van der Waals surface area contributed by atoms with E-state index >= 15 is 0 Å². The molecule has 0 spiro atoms. The summed E-state index contributed by atoms with van der Waals surface area (Å²) in [6.45, 7) is 0.519. The van der Waals surface area contributed by atoms with Crippen molar-refractivity contribution < 1.29 is 14.7 Å². The average Bonchev–Trinajstić information content (AvgIpc) is 2.12. The van der Waals surface area contributed by atoms with Gasteiger partial charge in [0.2, 0.25) is 5.91 Å². The number of hydrogen-bond donors (Lipinski definition) is 3. The van der Waals surface area contributed by atoms with Gasteiger partial charge in [0.25, 0.3) is 0 Å². The van der Waals surface area contributed by atoms with E-state index in [1.165, 1.54) is 0 Å². The van der Waals surface area contributed by atoms with Gasteiger partial charge in [-0.25, -0.2) is 0 Å². The number of carboxylic acid groups (broad SMARTS) is 1. The van der Waals surface area contributed by atoms with Crippen LogP contribution >= 0.6 is 0 Å². The fourth-order valence-electron chi connectivity index (χ4n) is 1.56. The lowest BCUT2D eigenvalue weighted by Crippen LogP contribution is -2.58. The molecule has 0 radical (unpaired) electrons. The fraction of sp³-hybridized carbons (Fsp3) is 0.800. The predicted molar refractivity (Wildman–Crippen MR) is 55.3 cm³/mol. The van der Waals surface area contributed by atoms with Gasteiger partial charge in [-0.2, -0.15) is 0 Å². The number of nitrogens with two attached hydrogens (primary N) is 1. The first-order chi connectivity index (χ1) is 7.04. The van der Waals surface area contributed by atoms with E-state index in [1.807, 2.05) is 0 Å². The summed E-state index contributed by atoms with van der Waals surface area (Å²) < 4.78 is 0. The van der Waals surface area contributed by atoms with E-state index in [2.05, 4.69) is 5.32 Å². The van der Waals surface area contributed by atoms with E-state index < -0.39 is 11.5 Å². The molecule has 1 rings (SSSR count). The summed E-state index contributed by atoms with van der Waals surface area (Å²) in [5.41, 5.74) is 5.16. The molecular weight excluding hydrogens is 196 g/mol. The highest BCUT2D eigenvalue weighted by molar-refractivity contribution is 5.86. The van der Waals surface area contributed by atoms with Crippen LogP contribution in [0.3, 0.4) is 0 Å². The monoisotopic (exact) mass is 214 g/mol. The summed E-state index contributed by atoms with van der Waals surface area (Å²) in [5, 5.41) is 11.1. The molecule has 0 aliphatic heterocycles. The Labute approximate surface area is 89.0 Å². The molecule has 0 atom stereocenters. The standard InChI is InChI=1S/C10H18N2O3/c11-10(5-3-6-10)9(15)12-7-2-1-4-8(13)14/h1-7,11H2,(H,12,15)(H,13,14). The smallest absolute Gasteiger partial charge is 0.303 e. The normalized spacial score (nSPS) is 17.9. The molecule has 0 aromatic carbocycles. The number of carbonyl (C=O) groups is 2. The zero-order chi connectivity index (χ0) is 11.3. The van der Waals surface area contributed by atoms with E-state index in [0.29, 0.717) is 19.4 Å². The number of amides is 1. The van der Waals surface area contributed by atoms with Gasteiger partial charge in [0, 0.05) is 13.0 Å². The summed E-state index contributed by atoms with van der Waals surface area (Å²) in [6, 6.07) is 0. The maximum absolute atomic E-state index is 11.5. The topological polar surface area (TPSA) is 92.4 Å². The number of rotatable bonds is 6. The Morgan fingerprint density at radius 3 is 2.47 bits per heavy atom. The van der Waals surface area contributed by atoms with Crippen molar-refractivity contribution in [2.45, 2.75) is 44.1 Å². The molecule has 86 valence electrons. The zero-order valence-corrected chi connectivity index (χ0v) is 8.79. The molecule has 1 aliphatic carbocycles. The molecule has 0 aromatic rings. The fourth-order valence-corrected chi connectivity index (χ4v) is 1.56. The Bertz CT molecular complexity index is 249. The van der Waals surface area contributed by atoms with E-state index in [1.54, 1.807) is 0 Å². The molecule has 1 saturated carbocycles. The Morgan fingerprint density at radius 1 is 1.33 bits per heavy atom. The average molecular weight is 214 g/mol. The van der Waals surface area contributed by atoms with Crippen molar-refractivity contribution in [2.24, 2.45) is 5.73 Å². The van der Waals surface area contributed by atoms with Gasteiger partial charge in [-0.15, -0.1) is 0 Å². The van der Waals surface area contributed by atoms with Crippen molar-refractivity contribution in [1.29, 1.82) is 0 Å². The third kappa shape index (κ3) is 3.51. The minimum absolute atomic E-state index is 0.0934. The molecule has 0 heterocycles. The third-order valence-electron chi connectivity index (χ3n) is 2.80. The van der Waals surface area contributed by atoms with Gasteiger partial charge in [-0.3, -0.25) is 9.59 Å². The predicted octanol–water partition coefficient (Wildman–Crippen LogP) is 0.239. The maximum Gasteiger partial charge on any atom is 0.303 e. The van der Waals surface area contributed by atoms with E-state index in [4.69, 9.17) is 10.8 Å². The second kappa shape index (κ2) is 5.11. The van der Waals surface area contributed by atoms with Crippen molar-refractivity contribution in [3.8, 4) is 0 Å². The number of hydrogen-bond acceptors (Lipinski definition) is 3. The third-order valence-corrected chi connectivity index (χ3v) is 2.80. The summed E-state index contributed by atoms with van der Waals surface area (Å²) in [7, 11) is 0. The van der Waals surface area contributed by atoms with Gasteiger partial charge in [0.15, 0.2) is 0 Å². The number of aliphatic carboxylic acids is 1. The minimum Gasteiger partial charge on any atom is -0.481 e. The molecule has 0 unspecified atom stereocenters. The highest BCUT2D eigenvalue weighted by Crippen LogP contribution is 2.28. The quantitative estimate of drug-likeness (QED) is 0.552. The molecule has 4 N–H and O–H groups in total. The van der Waals surface area contributed by atoms with Crippen molar-refractivity contribution in [2.75, 3.05) is 6.54 Å². The van der Waals surface area contributed by atoms with E-state index in [0.717, 1.165) is 19.3 Å². The molecule has 0 bridgehead atoms. The number of nitrogens with one attached hydrogen (secondary N) is 1. The molecule has 5 nitrogen and oxygen atoms in total. The van der Waals surface area contributed by atoms with Crippen molar-refractivity contribution in [3.63, 3.8) is 0 Å². The Kier molecular flexibility index (Phi) is 4.08. The molecule has 0 aromatic heterocycles. The molecule has 1 fully saturated rings. The summed E-state index contributed by atoms with van der Waals surface area (Å²) in [5.74, 6) is -0.889. The van der Waals surface area contributed by atoms with Crippen LogP contribution < -0.4 is 11.1 Å².